The molecule has 0 saturated carbocycles. The topological polar surface area (TPSA) is 46.5 Å². The second-order valence-corrected chi connectivity index (χ2v) is 4.36. The Bertz CT molecular complexity index is 594. The molecule has 1 N–H and O–H groups in total. The van der Waals surface area contributed by atoms with Gasteiger partial charge in [-0.05, 0) is 28.8 Å². The maximum absolute atomic E-state index is 10.7. The number of carbonyl (C=O) groups is 1. The van der Waals surface area contributed by atoms with Crippen molar-refractivity contribution >= 4 is 17.6 Å². The lowest BCUT2D eigenvalue weighted by Crippen LogP contribution is -2.15. The molecule has 1 atom stereocenters. The summed E-state index contributed by atoms with van der Waals surface area (Å²) in [5.74, 6) is -0.809. The van der Waals surface area contributed by atoms with Crippen LogP contribution in [0.1, 0.15) is 16.7 Å². The molecule has 0 bridgehead atoms. The number of aliphatic carboxylic acids is 1. The van der Waals surface area contributed by atoms with Gasteiger partial charge >= 0.3 is 5.97 Å². The van der Waals surface area contributed by atoms with Gasteiger partial charge < -0.3 is 9.84 Å². The molecule has 18 heavy (non-hydrogen) atoms. The predicted molar refractivity (Wildman–Crippen MR) is 68.8 cm³/mol. The van der Waals surface area contributed by atoms with Crippen LogP contribution in [-0.4, -0.2) is 17.2 Å². The molecule has 1 aromatic carbocycles. The number of rotatable bonds is 2. The Hall–Kier alpha value is -2.29. The minimum absolute atomic E-state index is 0.0205. The quantitative estimate of drug-likeness (QED) is 0.864. The van der Waals surface area contributed by atoms with Crippen molar-refractivity contribution in [2.45, 2.75) is 12.5 Å². The predicted octanol–water partition coefficient (Wildman–Crippen LogP) is 2.64. The van der Waals surface area contributed by atoms with Crippen molar-refractivity contribution in [3.05, 3.63) is 59.4 Å². The molecule has 3 nitrogen and oxygen atoms in total. The number of benzene rings is 1. The third kappa shape index (κ3) is 1.84. The SMILES string of the molecule is O=C(O)Cc1ccc2c(c1)C=CC1OC=CC=C21. The zero-order chi connectivity index (χ0) is 12.5. The van der Waals surface area contributed by atoms with Gasteiger partial charge in [0.15, 0.2) is 0 Å². The van der Waals surface area contributed by atoms with Crippen LogP contribution in [-0.2, 0) is 16.0 Å². The van der Waals surface area contributed by atoms with Crippen molar-refractivity contribution in [1.82, 2.24) is 0 Å². The largest absolute Gasteiger partial charge is 0.489 e. The highest BCUT2D eigenvalue weighted by atomic mass is 16.5. The van der Waals surface area contributed by atoms with Crippen molar-refractivity contribution in [3.8, 4) is 0 Å². The Morgan fingerprint density at radius 3 is 3.11 bits per heavy atom. The summed E-state index contributed by atoms with van der Waals surface area (Å²) in [6, 6.07) is 5.76. The summed E-state index contributed by atoms with van der Waals surface area (Å²) in [6.07, 6.45) is 9.60. The molecule has 0 spiro atoms. The van der Waals surface area contributed by atoms with E-state index in [0.717, 1.165) is 22.3 Å². The average molecular weight is 240 g/mol. The number of hydrogen-bond acceptors (Lipinski definition) is 2. The minimum atomic E-state index is -0.809. The summed E-state index contributed by atoms with van der Waals surface area (Å²) in [5, 5.41) is 8.80. The second-order valence-electron chi connectivity index (χ2n) is 4.36. The number of hydrogen-bond donors (Lipinski definition) is 1. The highest BCUT2D eigenvalue weighted by molar-refractivity contribution is 5.84. The molecular formula is C15H12O3. The van der Waals surface area contributed by atoms with Gasteiger partial charge in [-0.25, -0.2) is 0 Å². The number of carboxylic acid groups (broad SMARTS) is 1. The van der Waals surface area contributed by atoms with Gasteiger partial charge in [0.25, 0.3) is 0 Å². The summed E-state index contributed by atoms with van der Waals surface area (Å²) in [4.78, 5) is 10.7. The first-order chi connectivity index (χ1) is 8.74. The molecule has 0 radical (unpaired) electrons. The molecule has 0 fully saturated rings. The van der Waals surface area contributed by atoms with Gasteiger partial charge in [0.1, 0.15) is 6.10 Å². The molecule has 1 aromatic rings. The van der Waals surface area contributed by atoms with Gasteiger partial charge in [0.2, 0.25) is 0 Å². The van der Waals surface area contributed by atoms with E-state index in [1.807, 2.05) is 42.5 Å². The van der Waals surface area contributed by atoms with Gasteiger partial charge in [-0.1, -0.05) is 30.4 Å². The fraction of sp³-hybridized carbons (Fsp3) is 0.133. The zero-order valence-corrected chi connectivity index (χ0v) is 9.67. The van der Waals surface area contributed by atoms with E-state index < -0.39 is 5.97 Å². The third-order valence-electron chi connectivity index (χ3n) is 3.12. The van der Waals surface area contributed by atoms with Gasteiger partial charge in [0, 0.05) is 5.57 Å². The van der Waals surface area contributed by atoms with E-state index >= 15 is 0 Å². The van der Waals surface area contributed by atoms with Crippen LogP contribution >= 0.6 is 0 Å². The van der Waals surface area contributed by atoms with Crippen molar-refractivity contribution in [2.75, 3.05) is 0 Å². The first-order valence-corrected chi connectivity index (χ1v) is 5.79. The van der Waals surface area contributed by atoms with Crippen LogP contribution in [0.4, 0.5) is 0 Å². The van der Waals surface area contributed by atoms with Crippen LogP contribution in [0, 0.1) is 0 Å². The number of fused-ring (bicyclic) bond motifs is 3. The van der Waals surface area contributed by atoms with Gasteiger partial charge in [-0.3, -0.25) is 4.79 Å². The van der Waals surface area contributed by atoms with Crippen LogP contribution in [0.2, 0.25) is 0 Å². The molecule has 0 aromatic heterocycles. The van der Waals surface area contributed by atoms with Gasteiger partial charge in [-0.15, -0.1) is 0 Å². The van der Waals surface area contributed by atoms with E-state index in [9.17, 15) is 4.79 Å². The fourth-order valence-corrected chi connectivity index (χ4v) is 2.32. The fourth-order valence-electron chi connectivity index (χ4n) is 2.32. The number of allylic oxidation sites excluding steroid dienone is 2. The van der Waals surface area contributed by atoms with Crippen LogP contribution in [0.15, 0.2) is 42.7 Å². The average Bonchev–Trinajstić information content (AvgIpc) is 2.37. The smallest absolute Gasteiger partial charge is 0.307 e. The van der Waals surface area contributed by atoms with E-state index in [-0.39, 0.29) is 12.5 Å². The maximum Gasteiger partial charge on any atom is 0.307 e. The van der Waals surface area contributed by atoms with Crippen LogP contribution in [0.5, 0.6) is 0 Å². The number of ether oxygens (including phenoxy) is 1. The summed E-state index contributed by atoms with van der Waals surface area (Å²) in [5.41, 5.74) is 4.10. The van der Waals surface area contributed by atoms with E-state index in [0.29, 0.717) is 0 Å². The maximum atomic E-state index is 10.7. The molecule has 0 amide bonds. The molecule has 1 aliphatic heterocycles. The monoisotopic (exact) mass is 240 g/mol. The van der Waals surface area contributed by atoms with Crippen molar-refractivity contribution in [3.63, 3.8) is 0 Å². The Morgan fingerprint density at radius 1 is 1.39 bits per heavy atom. The van der Waals surface area contributed by atoms with Crippen LogP contribution < -0.4 is 0 Å². The Balaban J connectivity index is 2.03. The van der Waals surface area contributed by atoms with Crippen molar-refractivity contribution in [2.24, 2.45) is 0 Å². The number of carboxylic acids is 1. The van der Waals surface area contributed by atoms with E-state index in [1.54, 1.807) is 6.26 Å². The minimum Gasteiger partial charge on any atom is -0.489 e. The lowest BCUT2D eigenvalue weighted by molar-refractivity contribution is -0.136. The molecule has 2 aliphatic rings. The van der Waals surface area contributed by atoms with E-state index in [2.05, 4.69) is 0 Å². The molecule has 90 valence electrons. The molecule has 1 unspecified atom stereocenters. The zero-order valence-electron chi connectivity index (χ0n) is 9.67. The summed E-state index contributed by atoms with van der Waals surface area (Å²) in [7, 11) is 0. The Morgan fingerprint density at radius 2 is 2.28 bits per heavy atom. The Kier molecular flexibility index (Phi) is 2.52. The molecule has 1 heterocycles. The normalized spacial score (nSPS) is 19.6. The lowest BCUT2D eigenvalue weighted by atomic mass is 9.88. The lowest BCUT2D eigenvalue weighted by Gasteiger charge is -2.25. The molecule has 0 saturated heterocycles. The molecule has 1 aliphatic carbocycles. The highest BCUT2D eigenvalue weighted by Crippen LogP contribution is 2.33. The first kappa shape index (κ1) is 10.8. The Labute approximate surface area is 105 Å². The highest BCUT2D eigenvalue weighted by Gasteiger charge is 2.21. The molecule has 3 rings (SSSR count). The first-order valence-electron chi connectivity index (χ1n) is 5.79. The summed E-state index contributed by atoms with van der Waals surface area (Å²) in [6.45, 7) is 0. The molecule has 3 heteroatoms. The standard InChI is InChI=1S/C15H12O3/c16-15(17)9-10-3-5-12-11(8-10)4-6-14-13(12)2-1-7-18-14/h1-8,14H,9H2,(H,16,17). The summed E-state index contributed by atoms with van der Waals surface area (Å²) >= 11 is 0. The van der Waals surface area contributed by atoms with Gasteiger partial charge in [-0.2, -0.15) is 0 Å². The van der Waals surface area contributed by atoms with Gasteiger partial charge in [0.05, 0.1) is 12.7 Å². The van der Waals surface area contributed by atoms with Crippen LogP contribution in [0.3, 0.4) is 0 Å². The van der Waals surface area contributed by atoms with Crippen LogP contribution in [0.25, 0.3) is 11.6 Å². The second kappa shape index (κ2) is 4.18. The molecular weight excluding hydrogens is 228 g/mol. The van der Waals surface area contributed by atoms with E-state index in [1.165, 1.54) is 0 Å². The summed E-state index contributed by atoms with van der Waals surface area (Å²) < 4.78 is 5.50. The van der Waals surface area contributed by atoms with Crippen molar-refractivity contribution in [1.29, 1.82) is 0 Å². The third-order valence-corrected chi connectivity index (χ3v) is 3.12. The van der Waals surface area contributed by atoms with Crippen molar-refractivity contribution < 1.29 is 14.6 Å². The van der Waals surface area contributed by atoms with E-state index in [4.69, 9.17) is 9.84 Å².